The van der Waals surface area contributed by atoms with Crippen molar-refractivity contribution in [3.63, 3.8) is 0 Å². The van der Waals surface area contributed by atoms with E-state index >= 15 is 0 Å². The van der Waals surface area contributed by atoms with E-state index in [4.69, 9.17) is 4.42 Å². The Morgan fingerprint density at radius 1 is 1.40 bits per heavy atom. The van der Waals surface area contributed by atoms with Crippen LogP contribution in [-0.4, -0.2) is 40.3 Å². The molecular weight excluding hydrogens is 275 g/mol. The van der Waals surface area contributed by atoms with Gasteiger partial charge in [0.2, 0.25) is 17.7 Å². The van der Waals surface area contributed by atoms with Crippen LogP contribution in [0.5, 0.6) is 0 Å². The number of likely N-dealkylation sites (tertiary alicyclic amines) is 1. The van der Waals surface area contributed by atoms with E-state index in [-0.39, 0.29) is 17.7 Å². The molecule has 0 radical (unpaired) electrons. The molecule has 0 atom stereocenters. The fourth-order valence-corrected chi connectivity index (χ4v) is 2.15. The van der Waals surface area contributed by atoms with E-state index in [1.165, 1.54) is 6.08 Å². The summed E-state index contributed by atoms with van der Waals surface area (Å²) in [7, 11) is 0. The monoisotopic (exact) mass is 289 g/mol. The summed E-state index contributed by atoms with van der Waals surface area (Å²) in [6, 6.07) is 0. The van der Waals surface area contributed by atoms with Gasteiger partial charge in [0.05, 0.1) is 0 Å². The van der Waals surface area contributed by atoms with Gasteiger partial charge in [-0.05, 0) is 18.9 Å². The van der Waals surface area contributed by atoms with Gasteiger partial charge in [0.25, 0.3) is 0 Å². The number of carbonyl (C=O) groups is 1. The second-order valence-electron chi connectivity index (χ2n) is 4.63. The van der Waals surface area contributed by atoms with E-state index in [1.54, 1.807) is 4.90 Å². The summed E-state index contributed by atoms with van der Waals surface area (Å²) >= 11 is 0. The zero-order chi connectivity index (χ0) is 14.8. The number of nitrogens with zero attached hydrogens (tertiary/aromatic N) is 3. The van der Waals surface area contributed by atoms with Crippen LogP contribution in [-0.2, 0) is 11.2 Å². The Hall–Kier alpha value is -1.86. The Labute approximate surface area is 113 Å². The summed E-state index contributed by atoms with van der Waals surface area (Å²) in [5.74, 6) is -0.447. The van der Waals surface area contributed by atoms with Crippen molar-refractivity contribution in [3.05, 3.63) is 24.4 Å². The second-order valence-corrected chi connectivity index (χ2v) is 4.63. The first-order valence-electron chi connectivity index (χ1n) is 6.19. The lowest BCUT2D eigenvalue weighted by atomic mass is 9.97. The van der Waals surface area contributed by atoms with Gasteiger partial charge >= 0.3 is 6.18 Å². The van der Waals surface area contributed by atoms with Crippen LogP contribution in [0.2, 0.25) is 0 Å². The third-order valence-corrected chi connectivity index (χ3v) is 3.16. The highest BCUT2D eigenvalue weighted by atomic mass is 19.4. The van der Waals surface area contributed by atoms with E-state index in [1.807, 2.05) is 0 Å². The lowest BCUT2D eigenvalue weighted by Crippen LogP contribution is -2.36. The van der Waals surface area contributed by atoms with Gasteiger partial charge in [-0.1, -0.05) is 6.58 Å². The molecule has 0 spiro atoms. The summed E-state index contributed by atoms with van der Waals surface area (Å²) < 4.78 is 41.6. The fraction of sp³-hybridized carbons (Fsp3) is 0.583. The minimum Gasteiger partial charge on any atom is -0.425 e. The minimum atomic E-state index is -4.36. The molecule has 1 amide bonds. The number of piperidine rings is 1. The van der Waals surface area contributed by atoms with Gasteiger partial charge in [0, 0.05) is 19.0 Å². The average molecular weight is 289 g/mol. The Bertz CT molecular complexity index is 490. The Balaban J connectivity index is 1.94. The smallest absolute Gasteiger partial charge is 0.397 e. The molecule has 1 aromatic rings. The number of hydrogen-bond donors (Lipinski definition) is 0. The molecule has 1 aliphatic heterocycles. The summed E-state index contributed by atoms with van der Waals surface area (Å²) in [4.78, 5) is 13.0. The zero-order valence-corrected chi connectivity index (χ0v) is 10.7. The van der Waals surface area contributed by atoms with Crippen LogP contribution in [0.3, 0.4) is 0 Å². The van der Waals surface area contributed by atoms with Gasteiger partial charge in [0.1, 0.15) is 6.42 Å². The molecule has 1 aromatic heterocycles. The summed E-state index contributed by atoms with van der Waals surface area (Å²) in [6.07, 6.45) is -3.15. The Morgan fingerprint density at radius 2 is 2.05 bits per heavy atom. The topological polar surface area (TPSA) is 59.2 Å². The van der Waals surface area contributed by atoms with E-state index in [0.717, 1.165) is 0 Å². The molecule has 0 saturated carbocycles. The minimum absolute atomic E-state index is 0.0988. The molecule has 20 heavy (non-hydrogen) atoms. The summed E-state index contributed by atoms with van der Waals surface area (Å²) in [6.45, 7) is 4.42. The zero-order valence-electron chi connectivity index (χ0n) is 10.7. The van der Waals surface area contributed by atoms with Gasteiger partial charge in [-0.25, -0.2) is 0 Å². The third kappa shape index (κ3) is 3.58. The highest BCUT2D eigenvalue weighted by molar-refractivity contribution is 5.87. The van der Waals surface area contributed by atoms with Gasteiger partial charge in [-0.2, -0.15) is 13.2 Å². The van der Waals surface area contributed by atoms with Crippen LogP contribution in [0.15, 0.2) is 17.1 Å². The van der Waals surface area contributed by atoms with Crippen LogP contribution in [0, 0.1) is 0 Å². The normalized spacial score (nSPS) is 17.2. The Kier molecular flexibility index (Phi) is 4.10. The van der Waals surface area contributed by atoms with Gasteiger partial charge in [-0.3, -0.25) is 4.79 Å². The van der Waals surface area contributed by atoms with E-state index < -0.39 is 18.5 Å². The molecule has 1 fully saturated rings. The highest BCUT2D eigenvalue weighted by Crippen LogP contribution is 2.28. The maximum absolute atomic E-state index is 12.2. The molecule has 0 unspecified atom stereocenters. The SMILES string of the molecule is C=CC(=O)N1CCC(c2nnc(CC(F)(F)F)o2)CC1. The quantitative estimate of drug-likeness (QED) is 0.799. The van der Waals surface area contributed by atoms with Crippen LogP contribution in [0.25, 0.3) is 0 Å². The first-order chi connectivity index (χ1) is 9.39. The fourth-order valence-electron chi connectivity index (χ4n) is 2.15. The van der Waals surface area contributed by atoms with Crippen molar-refractivity contribution >= 4 is 5.91 Å². The van der Waals surface area contributed by atoms with Gasteiger partial charge < -0.3 is 9.32 Å². The van der Waals surface area contributed by atoms with Crippen molar-refractivity contribution in [3.8, 4) is 0 Å². The predicted octanol–water partition coefficient (Wildman–Crippen LogP) is 2.07. The van der Waals surface area contributed by atoms with Crippen molar-refractivity contribution in [2.75, 3.05) is 13.1 Å². The predicted molar refractivity (Wildman–Crippen MR) is 62.8 cm³/mol. The molecule has 1 saturated heterocycles. The van der Waals surface area contributed by atoms with Gasteiger partial charge in [-0.15, -0.1) is 10.2 Å². The number of carbonyl (C=O) groups excluding carboxylic acids is 1. The van der Waals surface area contributed by atoms with Crippen molar-refractivity contribution in [1.29, 1.82) is 0 Å². The van der Waals surface area contributed by atoms with E-state index in [9.17, 15) is 18.0 Å². The standard InChI is InChI=1S/C12H14F3N3O2/c1-2-10(19)18-5-3-8(4-6-18)11-17-16-9(20-11)7-12(13,14)15/h2,8H,1,3-7H2. The number of halogens is 3. The lowest BCUT2D eigenvalue weighted by molar-refractivity contribution is -0.131. The number of hydrogen-bond acceptors (Lipinski definition) is 4. The summed E-state index contributed by atoms with van der Waals surface area (Å²) in [5.41, 5.74) is 0. The molecule has 8 heteroatoms. The first-order valence-corrected chi connectivity index (χ1v) is 6.19. The first kappa shape index (κ1) is 14.5. The molecule has 1 aliphatic rings. The number of amides is 1. The third-order valence-electron chi connectivity index (χ3n) is 3.16. The lowest BCUT2D eigenvalue weighted by Gasteiger charge is -2.29. The number of aromatic nitrogens is 2. The maximum Gasteiger partial charge on any atom is 0.397 e. The van der Waals surface area contributed by atoms with Crippen LogP contribution in [0.1, 0.15) is 30.5 Å². The van der Waals surface area contributed by atoms with E-state index in [2.05, 4.69) is 16.8 Å². The Morgan fingerprint density at radius 3 is 2.60 bits per heavy atom. The molecule has 5 nitrogen and oxygen atoms in total. The van der Waals surface area contributed by atoms with Crippen molar-refractivity contribution in [2.45, 2.75) is 31.4 Å². The summed E-state index contributed by atoms with van der Waals surface area (Å²) in [5, 5.41) is 7.09. The molecule has 0 N–H and O–H groups in total. The number of alkyl halides is 3. The van der Waals surface area contributed by atoms with Crippen molar-refractivity contribution in [1.82, 2.24) is 15.1 Å². The average Bonchev–Trinajstić information content (AvgIpc) is 2.84. The highest BCUT2D eigenvalue weighted by Gasteiger charge is 2.32. The van der Waals surface area contributed by atoms with Crippen molar-refractivity contribution in [2.24, 2.45) is 0 Å². The number of rotatable bonds is 3. The molecule has 0 bridgehead atoms. The van der Waals surface area contributed by atoms with Crippen LogP contribution < -0.4 is 0 Å². The van der Waals surface area contributed by atoms with Crippen LogP contribution >= 0.6 is 0 Å². The molecule has 2 heterocycles. The second kappa shape index (κ2) is 5.64. The largest absolute Gasteiger partial charge is 0.425 e. The molecule has 0 aliphatic carbocycles. The molecule has 0 aromatic carbocycles. The van der Waals surface area contributed by atoms with E-state index in [0.29, 0.717) is 25.9 Å². The molecular formula is C12H14F3N3O2. The molecule has 110 valence electrons. The molecule has 2 rings (SSSR count). The van der Waals surface area contributed by atoms with Crippen LogP contribution in [0.4, 0.5) is 13.2 Å². The van der Waals surface area contributed by atoms with Crippen molar-refractivity contribution < 1.29 is 22.4 Å². The van der Waals surface area contributed by atoms with Gasteiger partial charge in [0.15, 0.2) is 0 Å². The maximum atomic E-state index is 12.2.